The van der Waals surface area contributed by atoms with E-state index in [0.717, 1.165) is 71.6 Å². The Morgan fingerprint density at radius 3 is 1.27 bits per heavy atom. The zero-order valence-electron chi connectivity index (χ0n) is 34.7. The predicted molar refractivity (Wildman–Crippen MR) is 266 cm³/mol. The highest BCUT2D eigenvalue weighted by Gasteiger charge is 2.18. The molecule has 4 heteroatoms. The predicted octanol–water partition coefficient (Wildman–Crippen LogP) is 15.5. The lowest BCUT2D eigenvalue weighted by molar-refractivity contribution is 1.08. The van der Waals surface area contributed by atoms with E-state index in [-0.39, 0.29) is 0 Å². The third-order valence-electron chi connectivity index (χ3n) is 12.4. The van der Waals surface area contributed by atoms with Crippen molar-refractivity contribution in [1.82, 2.24) is 19.9 Å². The Morgan fingerprint density at radius 1 is 0.234 bits per heavy atom. The molecule has 0 aliphatic heterocycles. The monoisotopic (exact) mass is 814 g/mol. The van der Waals surface area contributed by atoms with E-state index in [0.29, 0.717) is 17.5 Å². The first-order valence-electron chi connectivity index (χ1n) is 21.6. The van der Waals surface area contributed by atoms with Crippen LogP contribution in [0.15, 0.2) is 231 Å². The van der Waals surface area contributed by atoms with Gasteiger partial charge >= 0.3 is 0 Å². The van der Waals surface area contributed by atoms with Crippen molar-refractivity contribution >= 4 is 43.1 Å². The average molecular weight is 815 g/mol. The van der Waals surface area contributed by atoms with Crippen LogP contribution >= 0.6 is 0 Å². The minimum absolute atomic E-state index is 0.607. The molecule has 0 unspecified atom stereocenters. The topological polar surface area (TPSA) is 51.6 Å². The molecule has 2 aromatic heterocycles. The van der Waals surface area contributed by atoms with Crippen molar-refractivity contribution < 1.29 is 0 Å². The van der Waals surface area contributed by atoms with Crippen LogP contribution in [0.25, 0.3) is 122 Å². The van der Waals surface area contributed by atoms with Gasteiger partial charge in [0.1, 0.15) is 0 Å². The van der Waals surface area contributed by atoms with Gasteiger partial charge in [-0.2, -0.15) is 0 Å². The summed E-state index contributed by atoms with van der Waals surface area (Å²) in [4.78, 5) is 20.3. The molecule has 0 radical (unpaired) electrons. The number of rotatable bonds is 7. The van der Waals surface area contributed by atoms with Gasteiger partial charge < -0.3 is 0 Å². The molecule has 10 aromatic carbocycles. The molecule has 2 heterocycles. The van der Waals surface area contributed by atoms with Crippen LogP contribution < -0.4 is 0 Å². The summed E-state index contributed by atoms with van der Waals surface area (Å²) in [6.07, 6.45) is 3.71. The van der Waals surface area contributed by atoms with E-state index in [4.69, 9.17) is 15.0 Å². The fourth-order valence-corrected chi connectivity index (χ4v) is 9.20. The molecule has 0 atom stereocenters. The van der Waals surface area contributed by atoms with Gasteiger partial charge in [0, 0.05) is 29.1 Å². The van der Waals surface area contributed by atoms with Crippen molar-refractivity contribution in [3.05, 3.63) is 231 Å². The van der Waals surface area contributed by atoms with Crippen molar-refractivity contribution in [2.24, 2.45) is 0 Å². The smallest absolute Gasteiger partial charge is 0.164 e. The van der Waals surface area contributed by atoms with Crippen LogP contribution in [0.2, 0.25) is 0 Å². The Labute approximate surface area is 370 Å². The Balaban J connectivity index is 1.05. The standard InChI is InChI=1S/C60H38N4/c1-4-18-50-42(12-1)15-9-23-55(50)59-62-58(63-60(64-59)56-24-10-16-43-13-2-5-19-51(43)56)49-35-47(40-27-25-39(26-28-40)46-17-11-33-61-38-46)34-48(36-49)41-29-31-44(32-30-41)57-37-45-14-3-6-20-52(45)53-21-7-8-22-54(53)57/h1-38H. The summed E-state index contributed by atoms with van der Waals surface area (Å²) in [5, 5.41) is 9.45. The van der Waals surface area contributed by atoms with Crippen molar-refractivity contribution in [3.8, 4) is 78.7 Å². The summed E-state index contributed by atoms with van der Waals surface area (Å²) in [7, 11) is 0. The molecule has 0 fully saturated rings. The van der Waals surface area contributed by atoms with E-state index in [1.807, 2.05) is 12.3 Å². The number of pyridine rings is 1. The number of hydrogen-bond donors (Lipinski definition) is 0. The fourth-order valence-electron chi connectivity index (χ4n) is 9.20. The Kier molecular flexibility index (Phi) is 9.12. The van der Waals surface area contributed by atoms with Crippen molar-refractivity contribution in [3.63, 3.8) is 0 Å². The third kappa shape index (κ3) is 6.75. The molecule has 0 aliphatic carbocycles. The normalized spacial score (nSPS) is 11.4. The Hall–Kier alpha value is -8.60. The number of aromatic nitrogens is 4. The molecule has 0 bridgehead atoms. The summed E-state index contributed by atoms with van der Waals surface area (Å²) in [5.74, 6) is 1.86. The lowest BCUT2D eigenvalue weighted by Gasteiger charge is -2.15. The molecule has 0 amide bonds. The second-order valence-corrected chi connectivity index (χ2v) is 16.2. The number of hydrogen-bond acceptors (Lipinski definition) is 4. The molecular weight excluding hydrogens is 777 g/mol. The van der Waals surface area contributed by atoms with Crippen LogP contribution in [-0.4, -0.2) is 19.9 Å². The minimum atomic E-state index is 0.607. The van der Waals surface area contributed by atoms with Crippen molar-refractivity contribution in [2.75, 3.05) is 0 Å². The van der Waals surface area contributed by atoms with E-state index < -0.39 is 0 Å². The van der Waals surface area contributed by atoms with E-state index in [1.165, 1.54) is 32.7 Å². The van der Waals surface area contributed by atoms with Gasteiger partial charge in [0.25, 0.3) is 0 Å². The van der Waals surface area contributed by atoms with E-state index >= 15 is 0 Å². The number of nitrogens with zero attached hydrogens (tertiary/aromatic N) is 4. The van der Waals surface area contributed by atoms with Crippen LogP contribution in [0, 0.1) is 0 Å². The zero-order valence-corrected chi connectivity index (χ0v) is 34.7. The quantitative estimate of drug-likeness (QED) is 0.150. The molecular formula is C60H38N4. The summed E-state index contributed by atoms with van der Waals surface area (Å²) < 4.78 is 0. The molecule has 0 N–H and O–H groups in total. The zero-order chi connectivity index (χ0) is 42.4. The first-order valence-corrected chi connectivity index (χ1v) is 21.6. The highest BCUT2D eigenvalue weighted by Crippen LogP contribution is 2.39. The SMILES string of the molecule is c1cncc(-c2ccc(-c3cc(-c4ccc(-c5cc6ccccc6c6ccccc56)cc4)cc(-c4nc(-c5cccc6ccccc56)nc(-c5cccc6ccccc56)n4)c3)cc2)c1. The largest absolute Gasteiger partial charge is 0.264 e. The molecule has 298 valence electrons. The van der Waals surface area contributed by atoms with Gasteiger partial charge in [-0.3, -0.25) is 4.98 Å². The summed E-state index contributed by atoms with van der Waals surface area (Å²) in [6, 6.07) is 77.7. The third-order valence-corrected chi connectivity index (χ3v) is 12.4. The van der Waals surface area contributed by atoms with Gasteiger partial charge in [0.15, 0.2) is 17.5 Å². The average Bonchev–Trinajstić information content (AvgIpc) is 3.38. The van der Waals surface area contributed by atoms with Crippen LogP contribution in [0.4, 0.5) is 0 Å². The second-order valence-electron chi connectivity index (χ2n) is 16.2. The molecule has 0 saturated carbocycles. The van der Waals surface area contributed by atoms with Gasteiger partial charge in [0.05, 0.1) is 0 Å². The van der Waals surface area contributed by atoms with Gasteiger partial charge in [-0.1, -0.05) is 188 Å². The van der Waals surface area contributed by atoms with E-state index in [2.05, 4.69) is 217 Å². The number of benzene rings is 10. The van der Waals surface area contributed by atoms with E-state index in [1.54, 1.807) is 6.20 Å². The highest BCUT2D eigenvalue weighted by atomic mass is 15.0. The van der Waals surface area contributed by atoms with Crippen LogP contribution in [0.1, 0.15) is 0 Å². The molecule has 12 aromatic rings. The van der Waals surface area contributed by atoms with Crippen LogP contribution in [0.5, 0.6) is 0 Å². The van der Waals surface area contributed by atoms with Crippen molar-refractivity contribution in [2.45, 2.75) is 0 Å². The highest BCUT2D eigenvalue weighted by molar-refractivity contribution is 6.13. The molecule has 0 spiro atoms. The minimum Gasteiger partial charge on any atom is -0.264 e. The van der Waals surface area contributed by atoms with Crippen LogP contribution in [0.3, 0.4) is 0 Å². The summed E-state index contributed by atoms with van der Waals surface area (Å²) in [6.45, 7) is 0. The molecule has 12 rings (SSSR count). The Bertz CT molecular complexity index is 3600. The maximum absolute atomic E-state index is 5.33. The molecule has 64 heavy (non-hydrogen) atoms. The molecule has 0 aliphatic rings. The van der Waals surface area contributed by atoms with Gasteiger partial charge in [-0.15, -0.1) is 0 Å². The summed E-state index contributed by atoms with van der Waals surface area (Å²) in [5.41, 5.74) is 11.7. The molecule has 0 saturated heterocycles. The van der Waals surface area contributed by atoms with Gasteiger partial charge in [-0.25, -0.2) is 15.0 Å². The lowest BCUT2D eigenvalue weighted by atomic mass is 9.91. The fraction of sp³-hybridized carbons (Fsp3) is 0. The lowest BCUT2D eigenvalue weighted by Crippen LogP contribution is -2.01. The molecule has 4 nitrogen and oxygen atoms in total. The van der Waals surface area contributed by atoms with Gasteiger partial charge in [0.2, 0.25) is 0 Å². The Morgan fingerprint density at radius 2 is 0.688 bits per heavy atom. The van der Waals surface area contributed by atoms with Crippen molar-refractivity contribution in [1.29, 1.82) is 0 Å². The first-order chi connectivity index (χ1) is 31.7. The second kappa shape index (κ2) is 15.7. The number of fused-ring (bicyclic) bond motifs is 5. The van der Waals surface area contributed by atoms with Gasteiger partial charge in [-0.05, 0) is 118 Å². The maximum atomic E-state index is 5.33. The van der Waals surface area contributed by atoms with E-state index in [9.17, 15) is 0 Å². The summed E-state index contributed by atoms with van der Waals surface area (Å²) >= 11 is 0. The maximum Gasteiger partial charge on any atom is 0.164 e. The first kappa shape index (κ1) is 37.2. The van der Waals surface area contributed by atoms with Crippen LogP contribution in [-0.2, 0) is 0 Å².